The number of carbonyl (C=O) groups is 1. The van der Waals surface area contributed by atoms with Crippen molar-refractivity contribution in [3.8, 4) is 0 Å². The Balaban J connectivity index is 2.29. The highest BCUT2D eigenvalue weighted by molar-refractivity contribution is 6.04. The van der Waals surface area contributed by atoms with E-state index in [9.17, 15) is 4.79 Å². The van der Waals surface area contributed by atoms with Gasteiger partial charge in [0.1, 0.15) is 0 Å². The second kappa shape index (κ2) is 4.82. The van der Waals surface area contributed by atoms with Gasteiger partial charge in [0.05, 0.1) is 5.69 Å². The van der Waals surface area contributed by atoms with Gasteiger partial charge in [-0.25, -0.2) is 0 Å². The van der Waals surface area contributed by atoms with Gasteiger partial charge in [-0.05, 0) is 17.2 Å². The van der Waals surface area contributed by atoms with Crippen molar-refractivity contribution in [2.75, 3.05) is 0 Å². The molecule has 0 bridgehead atoms. The first-order valence-corrected chi connectivity index (χ1v) is 6.51. The molecule has 0 aliphatic rings. The van der Waals surface area contributed by atoms with Crippen molar-refractivity contribution in [1.29, 1.82) is 0 Å². The van der Waals surface area contributed by atoms with Crippen LogP contribution in [0.25, 0.3) is 16.5 Å². The van der Waals surface area contributed by atoms with Crippen molar-refractivity contribution >= 4 is 22.8 Å². The van der Waals surface area contributed by atoms with Crippen LogP contribution in [0.3, 0.4) is 0 Å². The number of aldehydes is 1. The fraction of sp³-hybridized carbons (Fsp3) is 0.0556. The second-order valence-corrected chi connectivity index (χ2v) is 4.80. The molecule has 0 spiro atoms. The van der Waals surface area contributed by atoms with Gasteiger partial charge < -0.3 is 4.57 Å². The Labute approximate surface area is 118 Å². The summed E-state index contributed by atoms with van der Waals surface area (Å²) in [5.74, 6) is 0. The maximum atomic E-state index is 11.5. The Morgan fingerprint density at radius 1 is 1.05 bits per heavy atom. The standard InChI is InChI=1S/C18H15NO/c1-13(14-8-4-3-5-9-14)18-16(12-20)15-10-6-7-11-17(15)19(18)2/h3-12H,1H2,2H3. The van der Waals surface area contributed by atoms with Crippen LogP contribution in [0.5, 0.6) is 0 Å². The first-order valence-electron chi connectivity index (χ1n) is 6.51. The largest absolute Gasteiger partial charge is 0.343 e. The SMILES string of the molecule is C=C(c1ccccc1)c1c(C=O)c2ccccc2n1C. The molecule has 1 heterocycles. The van der Waals surface area contributed by atoms with Crippen molar-refractivity contribution < 1.29 is 4.79 Å². The number of carbonyl (C=O) groups excluding carboxylic acids is 1. The first-order chi connectivity index (χ1) is 9.74. The van der Waals surface area contributed by atoms with E-state index in [1.165, 1.54) is 0 Å². The number of para-hydroxylation sites is 1. The van der Waals surface area contributed by atoms with E-state index in [0.717, 1.165) is 34.0 Å². The van der Waals surface area contributed by atoms with E-state index in [4.69, 9.17) is 0 Å². The predicted molar refractivity (Wildman–Crippen MR) is 82.9 cm³/mol. The number of aromatic nitrogens is 1. The summed E-state index contributed by atoms with van der Waals surface area (Å²) in [4.78, 5) is 11.5. The molecule has 98 valence electrons. The second-order valence-electron chi connectivity index (χ2n) is 4.80. The monoisotopic (exact) mass is 261 g/mol. The van der Waals surface area contributed by atoms with Crippen LogP contribution in [0.15, 0.2) is 61.2 Å². The molecule has 0 saturated carbocycles. The van der Waals surface area contributed by atoms with Gasteiger partial charge in [-0.3, -0.25) is 4.79 Å². The molecular weight excluding hydrogens is 246 g/mol. The van der Waals surface area contributed by atoms with Crippen LogP contribution in [-0.4, -0.2) is 10.9 Å². The molecule has 1 aromatic heterocycles. The minimum absolute atomic E-state index is 0.706. The lowest BCUT2D eigenvalue weighted by Crippen LogP contribution is -1.98. The van der Waals surface area contributed by atoms with E-state index in [1.807, 2.05) is 66.2 Å². The van der Waals surface area contributed by atoms with Crippen molar-refractivity contribution in [3.63, 3.8) is 0 Å². The van der Waals surface area contributed by atoms with Crippen LogP contribution in [0.4, 0.5) is 0 Å². The lowest BCUT2D eigenvalue weighted by atomic mass is 10.0. The number of fused-ring (bicyclic) bond motifs is 1. The summed E-state index contributed by atoms with van der Waals surface area (Å²) >= 11 is 0. The normalized spacial score (nSPS) is 10.7. The average Bonchev–Trinajstić information content (AvgIpc) is 2.80. The van der Waals surface area contributed by atoms with Crippen LogP contribution in [0.2, 0.25) is 0 Å². The summed E-state index contributed by atoms with van der Waals surface area (Å²) in [6.45, 7) is 4.18. The average molecular weight is 261 g/mol. The molecule has 0 N–H and O–H groups in total. The van der Waals surface area contributed by atoms with E-state index >= 15 is 0 Å². The van der Waals surface area contributed by atoms with E-state index in [-0.39, 0.29) is 0 Å². The molecule has 0 fully saturated rings. The Kier molecular flexibility index (Phi) is 2.99. The molecular formula is C18H15NO. The molecule has 3 rings (SSSR count). The van der Waals surface area contributed by atoms with Crippen molar-refractivity contribution in [2.45, 2.75) is 0 Å². The highest BCUT2D eigenvalue weighted by Crippen LogP contribution is 2.31. The maximum absolute atomic E-state index is 11.5. The lowest BCUT2D eigenvalue weighted by molar-refractivity contribution is 0.112. The molecule has 2 aromatic carbocycles. The van der Waals surface area contributed by atoms with Crippen LogP contribution < -0.4 is 0 Å². The molecule has 0 amide bonds. The molecule has 0 aliphatic heterocycles. The van der Waals surface area contributed by atoms with Gasteiger partial charge in [0.15, 0.2) is 6.29 Å². The van der Waals surface area contributed by atoms with Gasteiger partial charge in [0.25, 0.3) is 0 Å². The van der Waals surface area contributed by atoms with Gasteiger partial charge in [-0.1, -0.05) is 55.1 Å². The molecule has 2 heteroatoms. The predicted octanol–water partition coefficient (Wildman–Crippen LogP) is 4.05. The zero-order chi connectivity index (χ0) is 14.1. The van der Waals surface area contributed by atoms with Crippen molar-refractivity contribution in [1.82, 2.24) is 4.57 Å². The Morgan fingerprint density at radius 3 is 2.40 bits per heavy atom. The summed E-state index contributed by atoms with van der Waals surface area (Å²) in [5.41, 5.74) is 4.53. The molecule has 0 aliphatic carbocycles. The van der Waals surface area contributed by atoms with Gasteiger partial charge in [0.2, 0.25) is 0 Å². The van der Waals surface area contributed by atoms with E-state index in [2.05, 4.69) is 6.58 Å². The third-order valence-corrected chi connectivity index (χ3v) is 3.67. The van der Waals surface area contributed by atoms with E-state index in [1.54, 1.807) is 0 Å². The maximum Gasteiger partial charge on any atom is 0.152 e. The summed E-state index contributed by atoms with van der Waals surface area (Å²) in [6.07, 6.45) is 0.922. The highest BCUT2D eigenvalue weighted by Gasteiger charge is 2.17. The molecule has 0 radical (unpaired) electrons. The van der Waals surface area contributed by atoms with Crippen LogP contribution in [0.1, 0.15) is 21.6 Å². The van der Waals surface area contributed by atoms with Crippen LogP contribution >= 0.6 is 0 Å². The molecule has 20 heavy (non-hydrogen) atoms. The third-order valence-electron chi connectivity index (χ3n) is 3.67. The fourth-order valence-electron chi connectivity index (χ4n) is 2.68. The molecule has 0 saturated heterocycles. The summed E-state index contributed by atoms with van der Waals surface area (Å²) in [5, 5.41) is 0.970. The third kappa shape index (κ3) is 1.77. The molecule has 2 nitrogen and oxygen atoms in total. The number of hydrogen-bond acceptors (Lipinski definition) is 1. The zero-order valence-corrected chi connectivity index (χ0v) is 11.3. The summed E-state index contributed by atoms with van der Waals surface area (Å²) in [7, 11) is 1.97. The smallest absolute Gasteiger partial charge is 0.152 e. The number of nitrogens with zero attached hydrogens (tertiary/aromatic N) is 1. The van der Waals surface area contributed by atoms with Crippen LogP contribution in [0, 0.1) is 0 Å². The molecule has 0 unspecified atom stereocenters. The van der Waals surface area contributed by atoms with Crippen LogP contribution in [-0.2, 0) is 7.05 Å². The lowest BCUT2D eigenvalue weighted by Gasteiger charge is -2.09. The summed E-state index contributed by atoms with van der Waals surface area (Å²) in [6, 6.07) is 17.9. The van der Waals surface area contributed by atoms with Gasteiger partial charge >= 0.3 is 0 Å². The molecule has 3 aromatic rings. The quantitative estimate of drug-likeness (QED) is 0.652. The Bertz CT molecular complexity index is 797. The molecule has 0 atom stereocenters. The van der Waals surface area contributed by atoms with Gasteiger partial charge in [-0.2, -0.15) is 0 Å². The van der Waals surface area contributed by atoms with E-state index in [0.29, 0.717) is 5.56 Å². The fourth-order valence-corrected chi connectivity index (χ4v) is 2.68. The zero-order valence-electron chi connectivity index (χ0n) is 11.3. The number of benzene rings is 2. The first kappa shape index (κ1) is 12.4. The Morgan fingerprint density at radius 2 is 1.70 bits per heavy atom. The Hall–Kier alpha value is -2.61. The van der Waals surface area contributed by atoms with Crippen molar-refractivity contribution in [2.24, 2.45) is 7.05 Å². The number of rotatable bonds is 3. The summed E-state index contributed by atoms with van der Waals surface area (Å²) < 4.78 is 2.04. The number of aryl methyl sites for hydroxylation is 1. The number of hydrogen-bond donors (Lipinski definition) is 0. The van der Waals surface area contributed by atoms with Gasteiger partial charge in [0, 0.05) is 23.5 Å². The van der Waals surface area contributed by atoms with Gasteiger partial charge in [-0.15, -0.1) is 0 Å². The topological polar surface area (TPSA) is 22.0 Å². The van der Waals surface area contributed by atoms with E-state index < -0.39 is 0 Å². The van der Waals surface area contributed by atoms with Crippen molar-refractivity contribution in [3.05, 3.63) is 78.0 Å². The minimum Gasteiger partial charge on any atom is -0.343 e. The highest BCUT2D eigenvalue weighted by atomic mass is 16.1. The minimum atomic E-state index is 0.706.